The Bertz CT molecular complexity index is 1270. The molecule has 2 unspecified atom stereocenters. The second-order valence-electron chi connectivity index (χ2n) is 10.5. The molecule has 10 nitrogen and oxygen atoms in total. The molecule has 3 aromatic rings. The van der Waals surface area contributed by atoms with E-state index in [2.05, 4.69) is 25.9 Å². The predicted octanol–water partition coefficient (Wildman–Crippen LogP) is 4.61. The fourth-order valence-electron chi connectivity index (χ4n) is 5.09. The number of carboxylic acids is 1. The molecule has 1 aliphatic carbocycles. The van der Waals surface area contributed by atoms with Crippen LogP contribution in [0.15, 0.2) is 34.9 Å². The summed E-state index contributed by atoms with van der Waals surface area (Å²) >= 11 is 0. The number of benzene rings is 1. The summed E-state index contributed by atoms with van der Waals surface area (Å²) in [4.78, 5) is 45.4. The molecular formula is C28H37N5O5. The third-order valence-corrected chi connectivity index (χ3v) is 7.00. The van der Waals surface area contributed by atoms with E-state index in [0.29, 0.717) is 12.8 Å². The maximum atomic E-state index is 13.6. The van der Waals surface area contributed by atoms with Gasteiger partial charge in [0.15, 0.2) is 5.69 Å². The molecule has 5 N–H and O–H groups in total. The number of nitrogens with one attached hydrogen (secondary N) is 4. The van der Waals surface area contributed by atoms with Gasteiger partial charge in [-0.15, -0.1) is 0 Å². The van der Waals surface area contributed by atoms with E-state index in [9.17, 15) is 19.5 Å². The van der Waals surface area contributed by atoms with Gasteiger partial charge in [0.05, 0.1) is 0 Å². The zero-order valence-corrected chi connectivity index (χ0v) is 22.2. The first-order chi connectivity index (χ1) is 18.2. The summed E-state index contributed by atoms with van der Waals surface area (Å²) in [6.45, 7) is 5.51. The zero-order valence-electron chi connectivity index (χ0n) is 22.2. The number of rotatable bonds is 10. The number of carboxylic acid groups (broad SMARTS) is 1. The molecule has 0 aliphatic heterocycles. The second kappa shape index (κ2) is 12.1. The average molecular weight is 524 g/mol. The van der Waals surface area contributed by atoms with Gasteiger partial charge in [-0.2, -0.15) is 0 Å². The van der Waals surface area contributed by atoms with E-state index < -0.39 is 18.1 Å². The molecular weight excluding hydrogens is 486 g/mol. The van der Waals surface area contributed by atoms with Crippen molar-refractivity contribution in [2.24, 2.45) is 5.92 Å². The first-order valence-electron chi connectivity index (χ1n) is 13.3. The Kier molecular flexibility index (Phi) is 8.70. The Balaban J connectivity index is 1.56. The van der Waals surface area contributed by atoms with Gasteiger partial charge in [-0.3, -0.25) is 4.79 Å². The highest BCUT2D eigenvalue weighted by Gasteiger charge is 2.30. The van der Waals surface area contributed by atoms with Crippen molar-refractivity contribution in [3.63, 3.8) is 0 Å². The van der Waals surface area contributed by atoms with Crippen LogP contribution in [0.2, 0.25) is 0 Å². The first kappa shape index (κ1) is 27.2. The van der Waals surface area contributed by atoms with E-state index in [1.807, 2.05) is 44.3 Å². The number of hydrogen-bond donors (Lipinski definition) is 5. The standard InChI is InChI=1S/C28H37N5O5/c1-16(2)13-22(32-28(37)30-19-9-5-4-6-10-19)25(34)31-23(26-33-24(27(35)36)17(3)38-26)14-18-15-29-21-12-8-7-11-20(18)21/h7-8,11-12,15-16,19,22-23,29H,4-6,9-10,13-14H2,1-3H3,(H,31,34)(H,35,36)(H2,30,32,37). The Morgan fingerprint density at radius 3 is 2.55 bits per heavy atom. The van der Waals surface area contributed by atoms with Crippen LogP contribution in [0.4, 0.5) is 4.79 Å². The maximum absolute atomic E-state index is 13.6. The number of fused-ring (bicyclic) bond motifs is 1. The summed E-state index contributed by atoms with van der Waals surface area (Å²) in [5.41, 5.74) is 1.67. The summed E-state index contributed by atoms with van der Waals surface area (Å²) in [6, 6.07) is 6.03. The molecule has 1 saturated carbocycles. The average Bonchev–Trinajstić information content (AvgIpc) is 3.47. The number of carbonyl (C=O) groups is 3. The molecule has 0 radical (unpaired) electrons. The van der Waals surface area contributed by atoms with Gasteiger partial charge < -0.3 is 30.5 Å². The molecule has 10 heteroatoms. The number of carbonyl (C=O) groups excluding carboxylic acids is 2. The van der Waals surface area contributed by atoms with Crippen molar-refractivity contribution in [2.45, 2.75) is 83.8 Å². The number of H-pyrrole nitrogens is 1. The van der Waals surface area contributed by atoms with Crippen molar-refractivity contribution in [3.8, 4) is 0 Å². The van der Waals surface area contributed by atoms with Gasteiger partial charge in [0.2, 0.25) is 11.8 Å². The van der Waals surface area contributed by atoms with Crippen LogP contribution in [0.5, 0.6) is 0 Å². The van der Waals surface area contributed by atoms with E-state index in [-0.39, 0.29) is 41.2 Å². The molecule has 204 valence electrons. The lowest BCUT2D eigenvalue weighted by Gasteiger charge is -2.26. The van der Waals surface area contributed by atoms with Gasteiger partial charge in [0.1, 0.15) is 17.8 Å². The molecule has 2 heterocycles. The van der Waals surface area contributed by atoms with Crippen LogP contribution >= 0.6 is 0 Å². The lowest BCUT2D eigenvalue weighted by Crippen LogP contribution is -2.53. The summed E-state index contributed by atoms with van der Waals surface area (Å²) in [6.07, 6.45) is 7.85. The van der Waals surface area contributed by atoms with E-state index >= 15 is 0 Å². The number of oxazole rings is 1. The van der Waals surface area contributed by atoms with Crippen LogP contribution in [0, 0.1) is 12.8 Å². The fourth-order valence-corrected chi connectivity index (χ4v) is 5.09. The maximum Gasteiger partial charge on any atom is 0.358 e. The van der Waals surface area contributed by atoms with E-state index in [1.54, 1.807) is 0 Å². The summed E-state index contributed by atoms with van der Waals surface area (Å²) in [7, 11) is 0. The number of aryl methyl sites for hydroxylation is 1. The van der Waals surface area contributed by atoms with Gasteiger partial charge in [-0.25, -0.2) is 14.6 Å². The topological polar surface area (TPSA) is 149 Å². The third kappa shape index (κ3) is 6.73. The van der Waals surface area contributed by atoms with Crippen LogP contribution in [0.25, 0.3) is 10.9 Å². The van der Waals surface area contributed by atoms with Crippen LogP contribution < -0.4 is 16.0 Å². The number of nitrogens with zero attached hydrogens (tertiary/aromatic N) is 1. The number of aromatic carboxylic acids is 1. The van der Waals surface area contributed by atoms with Gasteiger partial charge in [0, 0.05) is 29.6 Å². The third-order valence-electron chi connectivity index (χ3n) is 7.00. The lowest BCUT2D eigenvalue weighted by atomic mass is 9.96. The van der Waals surface area contributed by atoms with Crippen LogP contribution in [0.1, 0.15) is 86.1 Å². The summed E-state index contributed by atoms with van der Waals surface area (Å²) in [5, 5.41) is 19.3. The largest absolute Gasteiger partial charge is 0.476 e. The summed E-state index contributed by atoms with van der Waals surface area (Å²) < 4.78 is 5.73. The Hall–Kier alpha value is -3.82. The van der Waals surface area contributed by atoms with Gasteiger partial charge >= 0.3 is 12.0 Å². The van der Waals surface area contributed by atoms with Gasteiger partial charge in [-0.05, 0) is 43.7 Å². The van der Waals surface area contributed by atoms with Crippen LogP contribution in [-0.4, -0.2) is 45.1 Å². The van der Waals surface area contributed by atoms with Crippen molar-refractivity contribution >= 4 is 28.8 Å². The Morgan fingerprint density at radius 2 is 1.87 bits per heavy atom. The fraction of sp³-hybridized carbons (Fsp3) is 0.500. The first-order valence-corrected chi connectivity index (χ1v) is 13.3. The zero-order chi connectivity index (χ0) is 27.2. The Labute approximate surface area is 222 Å². The highest BCUT2D eigenvalue weighted by atomic mass is 16.4. The van der Waals surface area contributed by atoms with Crippen molar-refractivity contribution in [3.05, 3.63) is 53.4 Å². The predicted molar refractivity (Wildman–Crippen MR) is 143 cm³/mol. The van der Waals surface area contributed by atoms with Crippen LogP contribution in [-0.2, 0) is 11.2 Å². The minimum atomic E-state index is -1.20. The molecule has 4 rings (SSSR count). The number of aromatic nitrogens is 2. The number of hydrogen-bond acceptors (Lipinski definition) is 5. The van der Waals surface area contributed by atoms with Crippen molar-refractivity contribution in [2.75, 3.05) is 0 Å². The molecule has 0 bridgehead atoms. The number of aromatic amines is 1. The molecule has 1 aliphatic rings. The molecule has 0 spiro atoms. The van der Waals surface area contributed by atoms with Crippen molar-refractivity contribution < 1.29 is 23.9 Å². The highest BCUT2D eigenvalue weighted by molar-refractivity contribution is 5.88. The van der Waals surface area contributed by atoms with Gasteiger partial charge in [0.25, 0.3) is 0 Å². The summed E-state index contributed by atoms with van der Waals surface area (Å²) in [5.74, 6) is -1.17. The highest BCUT2D eigenvalue weighted by Crippen LogP contribution is 2.26. The molecule has 2 atom stereocenters. The number of para-hydroxylation sites is 1. The molecule has 38 heavy (non-hydrogen) atoms. The van der Waals surface area contributed by atoms with Crippen molar-refractivity contribution in [1.29, 1.82) is 0 Å². The van der Waals surface area contributed by atoms with Crippen molar-refractivity contribution in [1.82, 2.24) is 25.9 Å². The minimum Gasteiger partial charge on any atom is -0.476 e. The minimum absolute atomic E-state index is 0.105. The molecule has 2 aromatic heterocycles. The molecule has 1 fully saturated rings. The lowest BCUT2D eigenvalue weighted by molar-refractivity contribution is -0.124. The number of amides is 3. The van der Waals surface area contributed by atoms with E-state index in [1.165, 1.54) is 13.3 Å². The molecule has 0 saturated heterocycles. The number of urea groups is 1. The van der Waals surface area contributed by atoms with E-state index in [0.717, 1.165) is 42.1 Å². The second-order valence-corrected chi connectivity index (χ2v) is 10.5. The van der Waals surface area contributed by atoms with Crippen LogP contribution in [0.3, 0.4) is 0 Å². The van der Waals surface area contributed by atoms with Gasteiger partial charge in [-0.1, -0.05) is 51.3 Å². The molecule has 3 amide bonds. The monoisotopic (exact) mass is 523 g/mol. The smallest absolute Gasteiger partial charge is 0.358 e. The Morgan fingerprint density at radius 1 is 1.13 bits per heavy atom. The quantitative estimate of drug-likeness (QED) is 0.262. The SMILES string of the molecule is Cc1oc(C(Cc2c[nH]c3ccccc23)NC(=O)C(CC(C)C)NC(=O)NC2CCCCC2)nc1C(=O)O. The normalized spacial score (nSPS) is 15.8. The molecule has 1 aromatic carbocycles. The van der Waals surface area contributed by atoms with E-state index in [4.69, 9.17) is 4.42 Å².